The van der Waals surface area contributed by atoms with Gasteiger partial charge in [-0.05, 0) is 42.4 Å². The Kier molecular flexibility index (Phi) is 4.59. The number of thiophene rings is 1. The maximum absolute atomic E-state index is 5.18. The van der Waals surface area contributed by atoms with Crippen LogP contribution in [0.25, 0.3) is 0 Å². The molecule has 0 aromatic carbocycles. The highest BCUT2D eigenvalue weighted by molar-refractivity contribution is 7.07. The van der Waals surface area contributed by atoms with Crippen molar-refractivity contribution >= 4 is 11.3 Å². The average molecular weight is 193 g/mol. The molecule has 0 spiro atoms. The molecule has 0 atom stereocenters. The molecule has 70 valence electrons. The molecule has 0 aliphatic rings. The molecule has 0 aliphatic heterocycles. The molecule has 13 heavy (non-hydrogen) atoms. The van der Waals surface area contributed by atoms with Crippen molar-refractivity contribution in [3.05, 3.63) is 22.4 Å². The fourth-order valence-electron chi connectivity index (χ4n) is 1.22. The minimum absolute atomic E-state index is 0.883. The van der Waals surface area contributed by atoms with Gasteiger partial charge in [0.25, 0.3) is 0 Å². The molecule has 0 fully saturated rings. The van der Waals surface area contributed by atoms with Crippen molar-refractivity contribution in [3.8, 4) is 12.3 Å². The van der Waals surface area contributed by atoms with Gasteiger partial charge in [-0.25, -0.2) is 0 Å². The molecular formula is C11H15NS. The highest BCUT2D eigenvalue weighted by Gasteiger charge is 1.99. The standard InChI is InChI=1S/C11H15NS/c1-3-4-5-7-12(2)9-11-6-8-13-10-11/h1,6,8,10H,4-5,7,9H2,2H3. The first-order valence-electron chi connectivity index (χ1n) is 4.46. The molecule has 1 heterocycles. The van der Waals surface area contributed by atoms with Gasteiger partial charge in [0.15, 0.2) is 0 Å². The highest BCUT2D eigenvalue weighted by atomic mass is 32.1. The van der Waals surface area contributed by atoms with E-state index in [9.17, 15) is 0 Å². The van der Waals surface area contributed by atoms with Crippen LogP contribution in [0.3, 0.4) is 0 Å². The fourth-order valence-corrected chi connectivity index (χ4v) is 1.88. The molecule has 1 rings (SSSR count). The molecule has 0 saturated heterocycles. The molecule has 0 radical (unpaired) electrons. The van der Waals surface area contributed by atoms with Gasteiger partial charge in [0.1, 0.15) is 0 Å². The minimum atomic E-state index is 0.883. The van der Waals surface area contributed by atoms with Crippen molar-refractivity contribution in [3.63, 3.8) is 0 Å². The SMILES string of the molecule is C#CCCCN(C)Cc1ccsc1. The maximum atomic E-state index is 5.18. The van der Waals surface area contributed by atoms with E-state index in [4.69, 9.17) is 6.42 Å². The third-order valence-corrected chi connectivity index (χ3v) is 2.63. The molecular weight excluding hydrogens is 178 g/mol. The van der Waals surface area contributed by atoms with E-state index in [1.54, 1.807) is 11.3 Å². The minimum Gasteiger partial charge on any atom is -0.302 e. The number of nitrogens with zero attached hydrogens (tertiary/aromatic N) is 1. The summed E-state index contributed by atoms with van der Waals surface area (Å²) in [5.74, 6) is 2.66. The molecule has 0 bridgehead atoms. The van der Waals surface area contributed by atoms with Crippen molar-refractivity contribution in [2.24, 2.45) is 0 Å². The van der Waals surface area contributed by atoms with Gasteiger partial charge in [-0.3, -0.25) is 0 Å². The fraction of sp³-hybridized carbons (Fsp3) is 0.455. The molecule has 1 aromatic heterocycles. The summed E-state index contributed by atoms with van der Waals surface area (Å²) in [6, 6.07) is 2.17. The summed E-state index contributed by atoms with van der Waals surface area (Å²) in [6.45, 7) is 2.12. The van der Waals surface area contributed by atoms with Crippen LogP contribution in [0.5, 0.6) is 0 Å². The Morgan fingerprint density at radius 1 is 1.62 bits per heavy atom. The van der Waals surface area contributed by atoms with Crippen LogP contribution in [0.15, 0.2) is 16.8 Å². The monoisotopic (exact) mass is 193 g/mol. The first kappa shape index (κ1) is 10.3. The maximum Gasteiger partial charge on any atom is 0.0238 e. The Morgan fingerprint density at radius 2 is 2.46 bits per heavy atom. The van der Waals surface area contributed by atoms with E-state index >= 15 is 0 Å². The summed E-state index contributed by atoms with van der Waals surface area (Å²) in [4.78, 5) is 2.30. The average Bonchev–Trinajstić information content (AvgIpc) is 2.57. The Bertz CT molecular complexity index is 258. The van der Waals surface area contributed by atoms with Crippen molar-refractivity contribution < 1.29 is 0 Å². The van der Waals surface area contributed by atoms with Crippen LogP contribution in [-0.4, -0.2) is 18.5 Å². The van der Waals surface area contributed by atoms with Gasteiger partial charge in [0, 0.05) is 13.0 Å². The zero-order valence-electron chi connectivity index (χ0n) is 7.99. The largest absolute Gasteiger partial charge is 0.302 e. The van der Waals surface area contributed by atoms with E-state index in [1.165, 1.54) is 5.56 Å². The number of rotatable bonds is 5. The predicted octanol–water partition coefficient (Wildman–Crippen LogP) is 2.59. The van der Waals surface area contributed by atoms with Gasteiger partial charge in [-0.2, -0.15) is 11.3 Å². The van der Waals surface area contributed by atoms with Gasteiger partial charge in [0.2, 0.25) is 0 Å². The van der Waals surface area contributed by atoms with E-state index < -0.39 is 0 Å². The van der Waals surface area contributed by atoms with E-state index in [2.05, 4.69) is 34.7 Å². The summed E-state index contributed by atoms with van der Waals surface area (Å²) in [5.41, 5.74) is 1.40. The molecule has 1 aromatic rings. The molecule has 0 unspecified atom stereocenters. The van der Waals surface area contributed by atoms with Crippen LogP contribution in [0.1, 0.15) is 18.4 Å². The van der Waals surface area contributed by atoms with E-state index in [-0.39, 0.29) is 0 Å². The van der Waals surface area contributed by atoms with Gasteiger partial charge in [-0.15, -0.1) is 12.3 Å². The topological polar surface area (TPSA) is 3.24 Å². The normalized spacial score (nSPS) is 10.2. The van der Waals surface area contributed by atoms with E-state index in [0.717, 1.165) is 25.9 Å². The molecule has 0 saturated carbocycles. The lowest BCUT2D eigenvalue weighted by atomic mass is 10.3. The third kappa shape index (κ3) is 4.12. The second-order valence-electron chi connectivity index (χ2n) is 3.18. The zero-order chi connectivity index (χ0) is 9.52. The van der Waals surface area contributed by atoms with Crippen LogP contribution in [-0.2, 0) is 6.54 Å². The molecule has 2 heteroatoms. The second-order valence-corrected chi connectivity index (χ2v) is 3.96. The Hall–Kier alpha value is -0.780. The van der Waals surface area contributed by atoms with Crippen molar-refractivity contribution in [1.82, 2.24) is 4.90 Å². The first-order chi connectivity index (χ1) is 6.33. The molecule has 1 nitrogen and oxygen atoms in total. The number of hydrogen-bond donors (Lipinski definition) is 0. The predicted molar refractivity (Wildman–Crippen MR) is 58.7 cm³/mol. The Balaban J connectivity index is 2.19. The van der Waals surface area contributed by atoms with E-state index in [0.29, 0.717) is 0 Å². The summed E-state index contributed by atoms with van der Waals surface area (Å²) in [7, 11) is 2.13. The lowest BCUT2D eigenvalue weighted by Gasteiger charge is -2.14. The lowest BCUT2D eigenvalue weighted by Crippen LogP contribution is -2.18. The van der Waals surface area contributed by atoms with Gasteiger partial charge < -0.3 is 4.90 Å². The van der Waals surface area contributed by atoms with Crippen molar-refractivity contribution in [2.75, 3.05) is 13.6 Å². The highest BCUT2D eigenvalue weighted by Crippen LogP contribution is 2.08. The van der Waals surface area contributed by atoms with Crippen LogP contribution < -0.4 is 0 Å². The molecule has 0 N–H and O–H groups in total. The lowest BCUT2D eigenvalue weighted by molar-refractivity contribution is 0.324. The smallest absolute Gasteiger partial charge is 0.0238 e. The summed E-state index contributed by atoms with van der Waals surface area (Å²) >= 11 is 1.75. The van der Waals surface area contributed by atoms with Crippen LogP contribution in [0.4, 0.5) is 0 Å². The van der Waals surface area contributed by atoms with Gasteiger partial charge in [-0.1, -0.05) is 0 Å². The quantitative estimate of drug-likeness (QED) is 0.513. The van der Waals surface area contributed by atoms with Gasteiger partial charge in [0.05, 0.1) is 0 Å². The molecule has 0 amide bonds. The summed E-state index contributed by atoms with van der Waals surface area (Å²) in [6.07, 6.45) is 7.16. The Labute approximate surface area is 84.4 Å². The summed E-state index contributed by atoms with van der Waals surface area (Å²) < 4.78 is 0. The van der Waals surface area contributed by atoms with Crippen LogP contribution in [0.2, 0.25) is 0 Å². The van der Waals surface area contributed by atoms with Crippen LogP contribution >= 0.6 is 11.3 Å². The first-order valence-corrected chi connectivity index (χ1v) is 5.40. The number of terminal acetylenes is 1. The molecule has 0 aliphatic carbocycles. The number of unbranched alkanes of at least 4 members (excludes halogenated alkanes) is 1. The van der Waals surface area contributed by atoms with Crippen LogP contribution in [0, 0.1) is 12.3 Å². The third-order valence-electron chi connectivity index (χ3n) is 1.89. The summed E-state index contributed by atoms with van der Waals surface area (Å²) in [5, 5.41) is 4.31. The van der Waals surface area contributed by atoms with Gasteiger partial charge >= 0.3 is 0 Å². The van der Waals surface area contributed by atoms with Crippen molar-refractivity contribution in [2.45, 2.75) is 19.4 Å². The number of hydrogen-bond acceptors (Lipinski definition) is 2. The second kappa shape index (κ2) is 5.80. The van der Waals surface area contributed by atoms with Crippen molar-refractivity contribution in [1.29, 1.82) is 0 Å². The zero-order valence-corrected chi connectivity index (χ0v) is 8.81. The Morgan fingerprint density at radius 3 is 3.08 bits per heavy atom. The van der Waals surface area contributed by atoms with E-state index in [1.807, 2.05) is 0 Å².